The number of pyridine rings is 1. The number of aryl methyl sites for hydroxylation is 1. The molecule has 0 amide bonds. The van der Waals surface area contributed by atoms with Gasteiger partial charge in [0.05, 0.1) is 18.5 Å². The summed E-state index contributed by atoms with van der Waals surface area (Å²) in [7, 11) is 0. The average Bonchev–Trinajstić information content (AvgIpc) is 2.87. The van der Waals surface area contributed by atoms with E-state index in [9.17, 15) is 0 Å². The Kier molecular flexibility index (Phi) is 4.84. The van der Waals surface area contributed by atoms with Gasteiger partial charge in [0.2, 0.25) is 5.88 Å². The first kappa shape index (κ1) is 13.5. The largest absolute Gasteiger partial charge is 0.478 e. The van der Waals surface area contributed by atoms with Crippen molar-refractivity contribution in [3.05, 3.63) is 42.4 Å². The van der Waals surface area contributed by atoms with Gasteiger partial charge in [0.1, 0.15) is 0 Å². The molecule has 1 N–H and O–H groups in total. The Balaban J connectivity index is 1.86. The van der Waals surface area contributed by atoms with E-state index in [0.29, 0.717) is 12.5 Å². The van der Waals surface area contributed by atoms with Gasteiger partial charge in [-0.3, -0.25) is 0 Å². The summed E-state index contributed by atoms with van der Waals surface area (Å²) in [6.45, 7) is 6.67. The highest BCUT2D eigenvalue weighted by atomic mass is 16.5. The quantitative estimate of drug-likeness (QED) is 0.829. The fourth-order valence-corrected chi connectivity index (χ4v) is 1.91. The molecule has 0 aliphatic rings. The third kappa shape index (κ3) is 4.02. The Morgan fingerprint density at radius 1 is 1.26 bits per heavy atom. The fraction of sp³-hybridized carbons (Fsp3) is 0.400. The second-order valence-corrected chi connectivity index (χ2v) is 4.43. The summed E-state index contributed by atoms with van der Waals surface area (Å²) >= 11 is 0. The van der Waals surface area contributed by atoms with Crippen molar-refractivity contribution in [3.63, 3.8) is 0 Å². The normalized spacial score (nSPS) is 10.4. The van der Waals surface area contributed by atoms with E-state index >= 15 is 0 Å². The van der Waals surface area contributed by atoms with Gasteiger partial charge in [-0.15, -0.1) is 0 Å². The number of aromatic nitrogens is 2. The van der Waals surface area contributed by atoms with Crippen LogP contribution in [0.1, 0.15) is 25.8 Å². The number of ether oxygens (including phenoxy) is 1. The summed E-state index contributed by atoms with van der Waals surface area (Å²) in [5.41, 5.74) is 2.29. The Labute approximate surface area is 114 Å². The topological polar surface area (TPSA) is 39.1 Å². The molecule has 0 aromatic carbocycles. The highest BCUT2D eigenvalue weighted by molar-refractivity contribution is 5.42. The van der Waals surface area contributed by atoms with Crippen LogP contribution < -0.4 is 10.1 Å². The van der Waals surface area contributed by atoms with E-state index in [-0.39, 0.29) is 0 Å². The molecule has 0 aliphatic heterocycles. The second-order valence-electron chi connectivity index (χ2n) is 4.43. The zero-order valence-corrected chi connectivity index (χ0v) is 11.6. The maximum absolute atomic E-state index is 5.31. The summed E-state index contributed by atoms with van der Waals surface area (Å²) in [6, 6.07) is 6.01. The molecule has 2 aromatic rings. The SMILES string of the molecule is CCCn1ccc(CNc2ccc(OCC)nc2)c1. The average molecular weight is 259 g/mol. The van der Waals surface area contributed by atoms with Gasteiger partial charge in [0.25, 0.3) is 0 Å². The number of nitrogens with one attached hydrogen (secondary N) is 1. The molecule has 19 heavy (non-hydrogen) atoms. The van der Waals surface area contributed by atoms with Crippen molar-refractivity contribution < 1.29 is 4.74 Å². The van der Waals surface area contributed by atoms with Gasteiger partial charge in [-0.1, -0.05) is 6.92 Å². The van der Waals surface area contributed by atoms with Crippen molar-refractivity contribution in [3.8, 4) is 5.88 Å². The lowest BCUT2D eigenvalue weighted by molar-refractivity contribution is 0.327. The molecule has 0 radical (unpaired) electrons. The van der Waals surface area contributed by atoms with Crippen LogP contribution >= 0.6 is 0 Å². The number of rotatable bonds is 7. The first-order valence-corrected chi connectivity index (χ1v) is 6.79. The highest BCUT2D eigenvalue weighted by Crippen LogP contribution is 2.13. The van der Waals surface area contributed by atoms with Gasteiger partial charge >= 0.3 is 0 Å². The Bertz CT molecular complexity index is 490. The zero-order chi connectivity index (χ0) is 13.5. The number of hydrogen-bond acceptors (Lipinski definition) is 3. The van der Waals surface area contributed by atoms with Gasteiger partial charge in [0.15, 0.2) is 0 Å². The molecule has 0 aliphatic carbocycles. The van der Waals surface area contributed by atoms with E-state index in [1.54, 1.807) is 6.20 Å². The van der Waals surface area contributed by atoms with Crippen molar-refractivity contribution in [1.82, 2.24) is 9.55 Å². The minimum absolute atomic E-state index is 0.644. The van der Waals surface area contributed by atoms with E-state index in [1.807, 2.05) is 19.1 Å². The van der Waals surface area contributed by atoms with E-state index in [4.69, 9.17) is 4.74 Å². The lowest BCUT2D eigenvalue weighted by Gasteiger charge is -2.06. The van der Waals surface area contributed by atoms with E-state index in [0.717, 1.165) is 25.2 Å². The van der Waals surface area contributed by atoms with Gasteiger partial charge in [-0.2, -0.15) is 0 Å². The number of nitrogens with zero attached hydrogens (tertiary/aromatic N) is 2. The minimum atomic E-state index is 0.644. The van der Waals surface area contributed by atoms with Crippen LogP contribution in [0.3, 0.4) is 0 Å². The zero-order valence-electron chi connectivity index (χ0n) is 11.6. The molecule has 0 bridgehead atoms. The van der Waals surface area contributed by atoms with Crippen LogP contribution in [0.2, 0.25) is 0 Å². The van der Waals surface area contributed by atoms with Crippen molar-refractivity contribution in [2.45, 2.75) is 33.4 Å². The Morgan fingerprint density at radius 2 is 2.16 bits per heavy atom. The molecule has 102 valence electrons. The molecule has 2 heterocycles. The molecule has 4 heteroatoms. The maximum atomic E-state index is 5.31. The van der Waals surface area contributed by atoms with Gasteiger partial charge in [0, 0.05) is 31.5 Å². The highest BCUT2D eigenvalue weighted by Gasteiger charge is 1.98. The molecule has 2 rings (SSSR count). The molecule has 0 atom stereocenters. The van der Waals surface area contributed by atoms with Crippen LogP contribution in [0.15, 0.2) is 36.8 Å². The molecule has 2 aromatic heterocycles. The van der Waals surface area contributed by atoms with Crippen LogP contribution in [0, 0.1) is 0 Å². The minimum Gasteiger partial charge on any atom is -0.478 e. The van der Waals surface area contributed by atoms with Gasteiger partial charge in [-0.05, 0) is 31.0 Å². The van der Waals surface area contributed by atoms with Crippen molar-refractivity contribution in [2.75, 3.05) is 11.9 Å². The van der Waals surface area contributed by atoms with Crippen LogP contribution in [0.25, 0.3) is 0 Å². The summed E-state index contributed by atoms with van der Waals surface area (Å²) in [5, 5.41) is 3.35. The lowest BCUT2D eigenvalue weighted by atomic mass is 10.3. The van der Waals surface area contributed by atoms with Crippen LogP contribution in [-0.2, 0) is 13.1 Å². The van der Waals surface area contributed by atoms with Crippen molar-refractivity contribution >= 4 is 5.69 Å². The van der Waals surface area contributed by atoms with Crippen LogP contribution in [0.4, 0.5) is 5.69 Å². The number of anilines is 1. The third-order valence-electron chi connectivity index (χ3n) is 2.82. The smallest absolute Gasteiger partial charge is 0.213 e. The van der Waals surface area contributed by atoms with E-state index in [1.165, 1.54) is 5.56 Å². The standard InChI is InChI=1S/C15H21N3O/c1-3-8-18-9-7-13(12-18)10-16-14-5-6-15(17-11-14)19-4-2/h5-7,9,11-12,16H,3-4,8,10H2,1-2H3. The number of hydrogen-bond donors (Lipinski definition) is 1. The van der Waals surface area contributed by atoms with Crippen molar-refractivity contribution in [1.29, 1.82) is 0 Å². The second kappa shape index (κ2) is 6.83. The molecule has 0 spiro atoms. The predicted octanol–water partition coefficient (Wildman–Crippen LogP) is 3.30. The first-order chi connectivity index (χ1) is 9.31. The maximum Gasteiger partial charge on any atom is 0.213 e. The molecule has 0 unspecified atom stereocenters. The summed E-state index contributed by atoms with van der Waals surface area (Å²) in [4.78, 5) is 4.23. The summed E-state index contributed by atoms with van der Waals surface area (Å²) < 4.78 is 7.53. The summed E-state index contributed by atoms with van der Waals surface area (Å²) in [6.07, 6.45) is 7.26. The molecule has 4 nitrogen and oxygen atoms in total. The third-order valence-corrected chi connectivity index (χ3v) is 2.82. The monoisotopic (exact) mass is 259 g/mol. The van der Waals surface area contributed by atoms with Gasteiger partial charge in [-0.25, -0.2) is 4.98 Å². The van der Waals surface area contributed by atoms with Crippen LogP contribution in [-0.4, -0.2) is 16.2 Å². The Hall–Kier alpha value is -1.97. The molecular weight excluding hydrogens is 238 g/mol. The molecular formula is C15H21N3O. The lowest BCUT2D eigenvalue weighted by Crippen LogP contribution is -2.00. The molecule has 0 saturated carbocycles. The molecule has 0 saturated heterocycles. The Morgan fingerprint density at radius 3 is 2.84 bits per heavy atom. The summed E-state index contributed by atoms with van der Waals surface area (Å²) in [5.74, 6) is 0.669. The van der Waals surface area contributed by atoms with Crippen molar-refractivity contribution in [2.24, 2.45) is 0 Å². The van der Waals surface area contributed by atoms with Gasteiger partial charge < -0.3 is 14.6 Å². The molecule has 0 fully saturated rings. The fourth-order valence-electron chi connectivity index (χ4n) is 1.91. The van der Waals surface area contributed by atoms with Crippen LogP contribution in [0.5, 0.6) is 5.88 Å². The van der Waals surface area contributed by atoms with E-state index in [2.05, 4.69) is 40.3 Å². The predicted molar refractivity (Wildman–Crippen MR) is 77.5 cm³/mol. The van der Waals surface area contributed by atoms with E-state index < -0.39 is 0 Å². The first-order valence-electron chi connectivity index (χ1n) is 6.79.